The Hall–Kier alpha value is -1.70. The Morgan fingerprint density at radius 2 is 1.67 bits per heavy atom. The quantitative estimate of drug-likeness (QED) is 0.546. The fourth-order valence-electron chi connectivity index (χ4n) is 1.46. The molecule has 1 aliphatic rings. The lowest BCUT2D eigenvalue weighted by Crippen LogP contribution is -2.52. The molecule has 0 spiro atoms. The van der Waals surface area contributed by atoms with Crippen LogP contribution in [-0.4, -0.2) is 55.0 Å². The third-order valence-electron chi connectivity index (χ3n) is 2.30. The Bertz CT molecular complexity index is 308. The molecule has 0 atom stereocenters. The van der Waals surface area contributed by atoms with Crippen LogP contribution >= 0.6 is 0 Å². The number of hydrogen-bond acceptors (Lipinski definition) is 2. The van der Waals surface area contributed by atoms with Crippen molar-refractivity contribution in [1.82, 2.24) is 15.1 Å². The molecule has 0 aromatic rings. The second-order valence-electron chi connectivity index (χ2n) is 3.21. The average molecular weight is 209 g/mol. The van der Waals surface area contributed by atoms with E-state index in [2.05, 4.69) is 17.2 Å². The van der Waals surface area contributed by atoms with Gasteiger partial charge in [-0.15, -0.1) is 0 Å². The van der Waals surface area contributed by atoms with Crippen LogP contribution in [0.4, 0.5) is 4.79 Å². The maximum Gasteiger partial charge on any atom is 0.317 e. The average Bonchev–Trinajstić information content (AvgIpc) is 2.28. The molecule has 0 aromatic heterocycles. The molecule has 82 valence electrons. The summed E-state index contributed by atoms with van der Waals surface area (Å²) in [6, 6.07) is -0.0938. The van der Waals surface area contributed by atoms with E-state index in [1.54, 1.807) is 23.8 Å². The third-order valence-corrected chi connectivity index (χ3v) is 2.30. The minimum absolute atomic E-state index is 0.0938. The van der Waals surface area contributed by atoms with E-state index >= 15 is 0 Å². The van der Waals surface area contributed by atoms with E-state index in [9.17, 15) is 9.59 Å². The number of piperazine rings is 1. The van der Waals surface area contributed by atoms with Crippen LogP contribution in [0.15, 0.2) is 0 Å². The number of rotatable bonds is 0. The highest BCUT2D eigenvalue weighted by Crippen LogP contribution is 2.01. The molecule has 0 bridgehead atoms. The summed E-state index contributed by atoms with van der Waals surface area (Å²) in [6.45, 7) is 3.88. The summed E-state index contributed by atoms with van der Waals surface area (Å²) in [5.74, 6) is 4.91. The molecule has 0 saturated carbocycles. The zero-order valence-electron chi connectivity index (χ0n) is 9.04. The third kappa shape index (κ3) is 2.88. The van der Waals surface area contributed by atoms with Crippen molar-refractivity contribution < 1.29 is 9.59 Å². The van der Waals surface area contributed by atoms with E-state index < -0.39 is 0 Å². The van der Waals surface area contributed by atoms with Crippen LogP contribution in [-0.2, 0) is 4.79 Å². The molecule has 1 heterocycles. The highest BCUT2D eigenvalue weighted by molar-refractivity contribution is 5.93. The van der Waals surface area contributed by atoms with Crippen molar-refractivity contribution in [3.05, 3.63) is 0 Å². The second-order valence-corrected chi connectivity index (χ2v) is 3.21. The normalized spacial score (nSPS) is 15.3. The van der Waals surface area contributed by atoms with Crippen molar-refractivity contribution in [1.29, 1.82) is 0 Å². The Labute approximate surface area is 89.4 Å². The van der Waals surface area contributed by atoms with Crippen LogP contribution in [0.1, 0.15) is 6.92 Å². The van der Waals surface area contributed by atoms with Crippen LogP contribution < -0.4 is 5.32 Å². The first-order valence-corrected chi connectivity index (χ1v) is 4.87. The number of nitrogens with one attached hydrogen (secondary N) is 1. The van der Waals surface area contributed by atoms with Crippen LogP contribution in [0, 0.1) is 11.8 Å². The number of amides is 3. The lowest BCUT2D eigenvalue weighted by atomic mass is 10.3. The van der Waals surface area contributed by atoms with Crippen LogP contribution in [0.3, 0.4) is 0 Å². The first kappa shape index (κ1) is 11.4. The van der Waals surface area contributed by atoms with Gasteiger partial charge in [0, 0.05) is 33.2 Å². The molecule has 3 amide bonds. The van der Waals surface area contributed by atoms with Crippen molar-refractivity contribution in [2.45, 2.75) is 6.92 Å². The van der Waals surface area contributed by atoms with Gasteiger partial charge in [0.05, 0.1) is 0 Å². The largest absolute Gasteiger partial charge is 0.341 e. The summed E-state index contributed by atoms with van der Waals surface area (Å²) >= 11 is 0. The van der Waals surface area contributed by atoms with Crippen molar-refractivity contribution in [2.75, 3.05) is 33.2 Å². The smallest absolute Gasteiger partial charge is 0.317 e. The number of carbonyl (C=O) groups is 2. The van der Waals surface area contributed by atoms with E-state index in [1.807, 2.05) is 0 Å². The van der Waals surface area contributed by atoms with Gasteiger partial charge in [-0.05, 0) is 12.8 Å². The second kappa shape index (κ2) is 5.25. The lowest BCUT2D eigenvalue weighted by Gasteiger charge is -2.33. The first-order valence-electron chi connectivity index (χ1n) is 4.87. The van der Waals surface area contributed by atoms with E-state index in [1.165, 1.54) is 0 Å². The van der Waals surface area contributed by atoms with Gasteiger partial charge in [-0.2, -0.15) is 0 Å². The van der Waals surface area contributed by atoms with Crippen molar-refractivity contribution in [3.63, 3.8) is 0 Å². The molecular formula is C10H15N3O2. The predicted molar refractivity (Wildman–Crippen MR) is 56.1 cm³/mol. The van der Waals surface area contributed by atoms with E-state index in [0.717, 1.165) is 0 Å². The molecule has 1 saturated heterocycles. The highest BCUT2D eigenvalue weighted by Gasteiger charge is 2.22. The monoisotopic (exact) mass is 209 g/mol. The lowest BCUT2D eigenvalue weighted by molar-refractivity contribution is -0.126. The highest BCUT2D eigenvalue weighted by atomic mass is 16.2. The molecular weight excluding hydrogens is 194 g/mol. The Kier molecular flexibility index (Phi) is 3.98. The van der Waals surface area contributed by atoms with Gasteiger partial charge in [0.15, 0.2) is 0 Å². The Morgan fingerprint density at radius 3 is 2.13 bits per heavy atom. The van der Waals surface area contributed by atoms with Crippen molar-refractivity contribution >= 4 is 11.9 Å². The van der Waals surface area contributed by atoms with E-state index in [4.69, 9.17) is 0 Å². The number of carbonyl (C=O) groups excluding carboxylic acids is 2. The number of nitrogens with zero attached hydrogens (tertiary/aromatic N) is 2. The standard InChI is InChI=1S/C10H15N3O2/c1-3-4-9(14)12-5-7-13(8-6-12)10(15)11-2/h5-8H2,1-2H3,(H,11,15). The molecule has 0 unspecified atom stereocenters. The summed E-state index contributed by atoms with van der Waals surface area (Å²) in [5.41, 5.74) is 0. The first-order chi connectivity index (χ1) is 7.19. The molecule has 5 heteroatoms. The predicted octanol–water partition coefficient (Wildman–Crippen LogP) is -0.507. The number of urea groups is 1. The van der Waals surface area contributed by atoms with E-state index in [0.29, 0.717) is 26.2 Å². The summed E-state index contributed by atoms with van der Waals surface area (Å²) in [7, 11) is 1.60. The maximum absolute atomic E-state index is 11.4. The molecule has 15 heavy (non-hydrogen) atoms. The van der Waals surface area contributed by atoms with Gasteiger partial charge in [-0.3, -0.25) is 4.79 Å². The Balaban J connectivity index is 2.44. The van der Waals surface area contributed by atoms with Crippen molar-refractivity contribution in [2.24, 2.45) is 0 Å². The van der Waals surface area contributed by atoms with Gasteiger partial charge < -0.3 is 15.1 Å². The summed E-state index contributed by atoms with van der Waals surface area (Å²) < 4.78 is 0. The zero-order valence-corrected chi connectivity index (χ0v) is 9.04. The number of hydrogen-bond donors (Lipinski definition) is 1. The van der Waals surface area contributed by atoms with Crippen LogP contribution in [0.5, 0.6) is 0 Å². The topological polar surface area (TPSA) is 52.7 Å². The molecule has 1 aliphatic heterocycles. The fourth-order valence-corrected chi connectivity index (χ4v) is 1.46. The minimum atomic E-state index is -0.158. The summed E-state index contributed by atoms with van der Waals surface area (Å²) in [5, 5.41) is 2.56. The molecule has 1 rings (SSSR count). The minimum Gasteiger partial charge on any atom is -0.341 e. The Morgan fingerprint density at radius 1 is 1.13 bits per heavy atom. The van der Waals surface area contributed by atoms with Crippen LogP contribution in [0.2, 0.25) is 0 Å². The van der Waals surface area contributed by atoms with Crippen LogP contribution in [0.25, 0.3) is 0 Å². The molecule has 1 fully saturated rings. The van der Waals surface area contributed by atoms with Gasteiger partial charge in [0.1, 0.15) is 0 Å². The maximum atomic E-state index is 11.4. The van der Waals surface area contributed by atoms with Gasteiger partial charge in [0.2, 0.25) is 0 Å². The van der Waals surface area contributed by atoms with E-state index in [-0.39, 0.29) is 11.9 Å². The van der Waals surface area contributed by atoms with Gasteiger partial charge in [-0.1, -0.05) is 5.92 Å². The van der Waals surface area contributed by atoms with Crippen molar-refractivity contribution in [3.8, 4) is 11.8 Å². The SMILES string of the molecule is CC#CC(=O)N1CCN(C(=O)NC)CC1. The molecule has 0 aromatic carbocycles. The molecule has 5 nitrogen and oxygen atoms in total. The van der Waals surface area contributed by atoms with Gasteiger partial charge in [0.25, 0.3) is 5.91 Å². The summed E-state index contributed by atoms with van der Waals surface area (Å²) in [4.78, 5) is 26.0. The van der Waals surface area contributed by atoms with Gasteiger partial charge >= 0.3 is 6.03 Å². The summed E-state index contributed by atoms with van der Waals surface area (Å²) in [6.07, 6.45) is 0. The molecule has 0 radical (unpaired) electrons. The molecule has 0 aliphatic carbocycles. The fraction of sp³-hybridized carbons (Fsp3) is 0.600. The zero-order chi connectivity index (χ0) is 11.3. The van der Waals surface area contributed by atoms with Gasteiger partial charge in [-0.25, -0.2) is 4.79 Å². The molecule has 1 N–H and O–H groups in total.